The summed E-state index contributed by atoms with van der Waals surface area (Å²) in [6.45, 7) is 0. The van der Waals surface area contributed by atoms with Crippen LogP contribution in [0.1, 0.15) is 0 Å². The first-order chi connectivity index (χ1) is 17.9. The zero-order valence-corrected chi connectivity index (χ0v) is 20.1. The number of rotatable bonds is 1. The Morgan fingerprint density at radius 2 is 1.11 bits per heavy atom. The van der Waals surface area contributed by atoms with E-state index in [4.69, 9.17) is 0 Å². The maximum Gasteiger partial charge on any atom is 0.0556 e. The fourth-order valence-corrected chi connectivity index (χ4v) is 7.74. The largest absolute Gasteiger partial charge is 0.309 e. The molecule has 36 heavy (non-hydrogen) atoms. The van der Waals surface area contributed by atoms with E-state index in [1.807, 2.05) is 11.3 Å². The Balaban J connectivity index is 1.46. The molecule has 8 aromatic rings. The number of hydrogen-bond acceptors (Lipinski definition) is 1. The molecule has 1 aliphatic rings. The zero-order valence-electron chi connectivity index (χ0n) is 19.3. The Morgan fingerprint density at radius 1 is 0.417 bits per heavy atom. The molecular weight excluding hydrogens is 454 g/mol. The van der Waals surface area contributed by atoms with Gasteiger partial charge in [-0.3, -0.25) is 0 Å². The van der Waals surface area contributed by atoms with Crippen molar-refractivity contribution in [2.75, 3.05) is 0 Å². The summed E-state index contributed by atoms with van der Waals surface area (Å²) >= 11 is 1.91. The number of nitrogens with zero attached hydrogens (tertiary/aromatic N) is 1. The normalized spacial score (nSPS) is 12.4. The number of thiophene rings is 1. The number of fused-ring (bicyclic) bond motifs is 10. The van der Waals surface area contributed by atoms with E-state index in [1.165, 1.54) is 80.7 Å². The lowest BCUT2D eigenvalue weighted by molar-refractivity contribution is 1.20. The van der Waals surface area contributed by atoms with Gasteiger partial charge < -0.3 is 4.57 Å². The van der Waals surface area contributed by atoms with Crippen molar-refractivity contribution in [2.45, 2.75) is 0 Å². The molecule has 0 aliphatic heterocycles. The van der Waals surface area contributed by atoms with Crippen LogP contribution in [0.5, 0.6) is 0 Å². The predicted octanol–water partition coefficient (Wildman–Crippen LogP) is 9.95. The van der Waals surface area contributed by atoms with Crippen molar-refractivity contribution in [3.05, 3.63) is 115 Å². The van der Waals surface area contributed by atoms with E-state index in [2.05, 4.69) is 120 Å². The fraction of sp³-hybridized carbons (Fsp3) is 0. The van der Waals surface area contributed by atoms with Gasteiger partial charge in [0.2, 0.25) is 0 Å². The van der Waals surface area contributed by atoms with Gasteiger partial charge in [0.05, 0.1) is 16.7 Å². The lowest BCUT2D eigenvalue weighted by Crippen LogP contribution is -1.95. The maximum atomic E-state index is 2.49. The quantitative estimate of drug-likeness (QED) is 0.223. The predicted molar refractivity (Wildman–Crippen MR) is 156 cm³/mol. The lowest BCUT2D eigenvalue weighted by Gasteiger charge is -2.13. The first kappa shape index (κ1) is 18.9. The SMILES string of the molecule is c1ccc2c(c1)-c1cccc3c(-n4c5ccccc5c5c6sc7ccccc7c6ccc54)ccc-2c13. The molecule has 0 N–H and O–H groups in total. The highest BCUT2D eigenvalue weighted by Gasteiger charge is 2.24. The fourth-order valence-electron chi connectivity index (χ4n) is 6.48. The van der Waals surface area contributed by atoms with Gasteiger partial charge >= 0.3 is 0 Å². The van der Waals surface area contributed by atoms with Crippen molar-refractivity contribution in [1.82, 2.24) is 4.57 Å². The molecule has 0 bridgehead atoms. The van der Waals surface area contributed by atoms with Gasteiger partial charge in [-0.15, -0.1) is 11.3 Å². The Kier molecular flexibility index (Phi) is 3.47. The van der Waals surface area contributed by atoms with Crippen molar-refractivity contribution in [3.63, 3.8) is 0 Å². The van der Waals surface area contributed by atoms with Gasteiger partial charge in [-0.05, 0) is 51.9 Å². The van der Waals surface area contributed by atoms with Crippen LogP contribution in [-0.2, 0) is 0 Å². The Labute approximate surface area is 211 Å². The van der Waals surface area contributed by atoms with Crippen LogP contribution >= 0.6 is 11.3 Å². The molecule has 0 radical (unpaired) electrons. The summed E-state index contributed by atoms with van der Waals surface area (Å²) in [5.74, 6) is 0. The maximum absolute atomic E-state index is 2.49. The highest BCUT2D eigenvalue weighted by Crippen LogP contribution is 2.49. The molecule has 2 heteroatoms. The van der Waals surface area contributed by atoms with Gasteiger partial charge in [-0.2, -0.15) is 0 Å². The topological polar surface area (TPSA) is 4.93 Å². The van der Waals surface area contributed by atoms with Gasteiger partial charge in [0.25, 0.3) is 0 Å². The number of para-hydroxylation sites is 1. The summed E-state index contributed by atoms with van der Waals surface area (Å²) in [6.07, 6.45) is 0. The molecule has 0 atom stereocenters. The Bertz CT molecular complexity index is 2180. The molecule has 0 unspecified atom stereocenters. The van der Waals surface area contributed by atoms with Crippen LogP contribution in [0.2, 0.25) is 0 Å². The molecule has 0 saturated heterocycles. The summed E-state index contributed by atoms with van der Waals surface area (Å²) in [4.78, 5) is 0. The van der Waals surface area contributed by atoms with Crippen LogP contribution in [0.15, 0.2) is 115 Å². The van der Waals surface area contributed by atoms with Gasteiger partial charge in [-0.25, -0.2) is 0 Å². The van der Waals surface area contributed by atoms with Crippen molar-refractivity contribution in [3.8, 4) is 27.9 Å². The smallest absolute Gasteiger partial charge is 0.0556 e. The van der Waals surface area contributed by atoms with E-state index < -0.39 is 0 Å². The van der Waals surface area contributed by atoms with Crippen molar-refractivity contribution in [1.29, 1.82) is 0 Å². The molecule has 2 aromatic heterocycles. The van der Waals surface area contributed by atoms with E-state index in [1.54, 1.807) is 0 Å². The zero-order chi connectivity index (χ0) is 23.4. The second-order valence-corrected chi connectivity index (χ2v) is 10.7. The molecule has 0 amide bonds. The summed E-state index contributed by atoms with van der Waals surface area (Å²) in [5, 5.41) is 8.04. The molecule has 9 rings (SSSR count). The van der Waals surface area contributed by atoms with Crippen LogP contribution in [0.4, 0.5) is 0 Å². The minimum absolute atomic E-state index is 1.25. The molecule has 166 valence electrons. The van der Waals surface area contributed by atoms with E-state index in [9.17, 15) is 0 Å². The lowest BCUT2D eigenvalue weighted by atomic mass is 10.0. The third kappa shape index (κ3) is 2.21. The average molecular weight is 474 g/mol. The standard InChI is InChI=1S/C34H19NS/c1-2-9-21-20(8-1)23-12-7-13-26-29(18-16-24(21)32(23)26)35-28-14-5-3-11-27(28)33-30(35)19-17-25-22-10-4-6-15-31(22)36-34(25)33/h1-19H. The monoisotopic (exact) mass is 473 g/mol. The van der Waals surface area contributed by atoms with Crippen molar-refractivity contribution in [2.24, 2.45) is 0 Å². The van der Waals surface area contributed by atoms with E-state index in [0.717, 1.165) is 0 Å². The highest BCUT2D eigenvalue weighted by atomic mass is 32.1. The minimum atomic E-state index is 1.25. The van der Waals surface area contributed by atoms with E-state index in [-0.39, 0.29) is 0 Å². The molecule has 6 aromatic carbocycles. The first-order valence-corrected chi connectivity index (χ1v) is 13.2. The van der Waals surface area contributed by atoms with Gasteiger partial charge in [-0.1, -0.05) is 91.0 Å². The van der Waals surface area contributed by atoms with Crippen LogP contribution in [0, 0.1) is 0 Å². The molecule has 0 spiro atoms. The second kappa shape index (κ2) is 6.63. The first-order valence-electron chi connectivity index (χ1n) is 12.4. The van der Waals surface area contributed by atoms with E-state index in [0.29, 0.717) is 0 Å². The van der Waals surface area contributed by atoms with Gasteiger partial charge in [0.15, 0.2) is 0 Å². The van der Waals surface area contributed by atoms with Crippen molar-refractivity contribution < 1.29 is 0 Å². The summed E-state index contributed by atoms with van der Waals surface area (Å²) in [5.41, 5.74) is 9.13. The van der Waals surface area contributed by atoms with E-state index >= 15 is 0 Å². The van der Waals surface area contributed by atoms with Crippen LogP contribution in [0.25, 0.3) is 80.7 Å². The molecule has 2 heterocycles. The molecule has 0 saturated carbocycles. The highest BCUT2D eigenvalue weighted by molar-refractivity contribution is 7.26. The molecule has 0 fully saturated rings. The van der Waals surface area contributed by atoms with Crippen LogP contribution < -0.4 is 0 Å². The van der Waals surface area contributed by atoms with Gasteiger partial charge in [0.1, 0.15) is 0 Å². The van der Waals surface area contributed by atoms with Gasteiger partial charge in [0, 0.05) is 36.3 Å². The Morgan fingerprint density at radius 3 is 2.00 bits per heavy atom. The molecule has 1 nitrogen and oxygen atoms in total. The molecule has 1 aliphatic carbocycles. The third-order valence-electron chi connectivity index (χ3n) is 7.95. The average Bonchev–Trinajstić information content (AvgIpc) is 3.58. The summed E-state index contributed by atoms with van der Waals surface area (Å²) in [6, 6.07) is 42.5. The number of hydrogen-bond donors (Lipinski definition) is 0. The minimum Gasteiger partial charge on any atom is -0.309 e. The summed E-state index contributed by atoms with van der Waals surface area (Å²) < 4.78 is 5.21. The molecular formula is C34H19NS. The van der Waals surface area contributed by atoms with Crippen molar-refractivity contribution >= 4 is 64.1 Å². The van der Waals surface area contributed by atoms with Crippen LogP contribution in [-0.4, -0.2) is 4.57 Å². The number of benzene rings is 6. The third-order valence-corrected chi connectivity index (χ3v) is 9.15. The second-order valence-electron chi connectivity index (χ2n) is 9.69. The summed E-state index contributed by atoms with van der Waals surface area (Å²) in [7, 11) is 0. The Hall–Kier alpha value is -4.40. The van der Waals surface area contributed by atoms with Crippen LogP contribution in [0.3, 0.4) is 0 Å². The number of aromatic nitrogens is 1.